The van der Waals surface area contributed by atoms with Crippen molar-refractivity contribution in [3.63, 3.8) is 0 Å². The van der Waals surface area contributed by atoms with Gasteiger partial charge in [-0.25, -0.2) is 4.99 Å². The van der Waals surface area contributed by atoms with Gasteiger partial charge in [0.1, 0.15) is 11.6 Å². The van der Waals surface area contributed by atoms with E-state index in [1.165, 1.54) is 7.11 Å². The molecule has 1 amide bonds. The Morgan fingerprint density at radius 3 is 2.82 bits per heavy atom. The number of amides is 1. The van der Waals surface area contributed by atoms with Crippen LogP contribution in [0.25, 0.3) is 16.3 Å². The number of hydrogen-bond acceptors (Lipinski definition) is 5. The average molecular weight is 440 g/mol. The molecule has 33 heavy (non-hydrogen) atoms. The summed E-state index contributed by atoms with van der Waals surface area (Å²) in [5.41, 5.74) is 2.34. The highest BCUT2D eigenvalue weighted by Gasteiger charge is 2.37. The van der Waals surface area contributed by atoms with Crippen molar-refractivity contribution >= 4 is 28.1 Å². The van der Waals surface area contributed by atoms with Crippen LogP contribution in [-0.2, 0) is 0 Å². The Morgan fingerprint density at radius 2 is 2.00 bits per heavy atom. The van der Waals surface area contributed by atoms with Crippen LogP contribution in [0.5, 0.6) is 17.2 Å². The summed E-state index contributed by atoms with van der Waals surface area (Å²) in [5, 5.41) is 11.8. The van der Waals surface area contributed by atoms with E-state index in [1.807, 2.05) is 61.7 Å². The molecule has 5 rings (SSSR count). The topological polar surface area (TPSA) is 71.4 Å². The number of hydrogen-bond donors (Lipinski definition) is 1. The molecule has 6 heteroatoms. The second kappa shape index (κ2) is 8.47. The molecule has 2 heterocycles. The average Bonchev–Trinajstić information content (AvgIpc) is 3.24. The molecule has 166 valence electrons. The zero-order valence-corrected chi connectivity index (χ0v) is 18.5. The third kappa shape index (κ3) is 3.53. The number of ether oxygens (including phenoxy) is 2. The number of benzene rings is 3. The lowest BCUT2D eigenvalue weighted by Gasteiger charge is -2.22. The number of aromatic hydroxyl groups is 1. The highest BCUT2D eigenvalue weighted by atomic mass is 16.5. The Labute approximate surface area is 192 Å². The summed E-state index contributed by atoms with van der Waals surface area (Å²) < 4.78 is 11.1. The lowest BCUT2D eigenvalue weighted by molar-refractivity contribution is 0.0886. The molecular formula is C27H24N2O4. The number of phenolic OH excluding ortho intramolecular Hbond substituents is 1. The van der Waals surface area contributed by atoms with Gasteiger partial charge in [-0.05, 0) is 53.5 Å². The van der Waals surface area contributed by atoms with Crippen molar-refractivity contribution in [3.8, 4) is 17.2 Å². The van der Waals surface area contributed by atoms with E-state index in [-0.39, 0.29) is 17.6 Å². The molecule has 0 aromatic heterocycles. The molecular weight excluding hydrogens is 416 g/mol. The maximum atomic E-state index is 14.0. The van der Waals surface area contributed by atoms with Gasteiger partial charge in [-0.2, -0.15) is 0 Å². The van der Waals surface area contributed by atoms with Crippen LogP contribution < -0.4 is 9.47 Å². The summed E-state index contributed by atoms with van der Waals surface area (Å²) in [5.74, 6) is 1.43. The Hall–Kier alpha value is -4.06. The highest BCUT2D eigenvalue weighted by Crippen LogP contribution is 2.41. The smallest absolute Gasteiger partial charge is 0.267 e. The van der Waals surface area contributed by atoms with E-state index >= 15 is 0 Å². The maximum Gasteiger partial charge on any atom is 0.267 e. The summed E-state index contributed by atoms with van der Waals surface area (Å²) in [6.45, 7) is 2.36. The number of phenols is 1. The van der Waals surface area contributed by atoms with Gasteiger partial charge in [0.05, 0.1) is 19.3 Å². The molecule has 0 spiro atoms. The van der Waals surface area contributed by atoms with Crippen LogP contribution in [0, 0.1) is 5.92 Å². The first-order valence-corrected chi connectivity index (χ1v) is 10.9. The number of carbonyl (C=O) groups excluding carboxylic acids is 1. The molecule has 1 N–H and O–H groups in total. The Bertz CT molecular complexity index is 1340. The van der Waals surface area contributed by atoms with Crippen LogP contribution in [0.2, 0.25) is 0 Å². The van der Waals surface area contributed by atoms with Crippen molar-refractivity contribution in [1.29, 1.82) is 0 Å². The zero-order valence-electron chi connectivity index (χ0n) is 18.5. The molecule has 0 aliphatic carbocycles. The summed E-state index contributed by atoms with van der Waals surface area (Å²) >= 11 is 0. The molecule has 3 aromatic carbocycles. The van der Waals surface area contributed by atoms with Gasteiger partial charge in [0, 0.05) is 18.3 Å². The standard InChI is InChI=1S/C27H24N2O4/c1-3-33-23-13-11-17-7-4-5-8-19(17)25(23)27(31)29-16-21(20-9-6-14-28-26(20)29)18-10-12-22(30)24(15-18)32-2/h4-8,10-16,20,30H,3,9H2,1-2H3. The quantitative estimate of drug-likeness (QED) is 0.578. The molecule has 2 aliphatic heterocycles. The highest BCUT2D eigenvalue weighted by molar-refractivity contribution is 6.19. The van der Waals surface area contributed by atoms with Crippen molar-refractivity contribution in [2.45, 2.75) is 13.3 Å². The minimum atomic E-state index is -0.185. The van der Waals surface area contributed by atoms with E-state index in [2.05, 4.69) is 4.99 Å². The van der Waals surface area contributed by atoms with Gasteiger partial charge < -0.3 is 14.6 Å². The molecule has 0 saturated carbocycles. The number of rotatable bonds is 5. The van der Waals surface area contributed by atoms with Gasteiger partial charge in [0.2, 0.25) is 0 Å². The minimum Gasteiger partial charge on any atom is -0.504 e. The molecule has 0 radical (unpaired) electrons. The van der Waals surface area contributed by atoms with E-state index in [0.29, 0.717) is 29.5 Å². The van der Waals surface area contributed by atoms with Crippen LogP contribution >= 0.6 is 0 Å². The van der Waals surface area contributed by atoms with E-state index in [4.69, 9.17) is 9.47 Å². The maximum absolute atomic E-state index is 14.0. The van der Waals surface area contributed by atoms with Crippen LogP contribution in [0.4, 0.5) is 0 Å². The van der Waals surface area contributed by atoms with Crippen molar-refractivity contribution in [3.05, 3.63) is 84.2 Å². The Morgan fingerprint density at radius 1 is 1.15 bits per heavy atom. The van der Waals surface area contributed by atoms with Crippen LogP contribution in [-0.4, -0.2) is 35.5 Å². The Balaban J connectivity index is 1.64. The number of aliphatic imine (C=N–C) groups is 1. The molecule has 3 aromatic rings. The molecule has 1 unspecified atom stereocenters. The van der Waals surface area contributed by atoms with E-state index in [0.717, 1.165) is 28.3 Å². The van der Waals surface area contributed by atoms with Crippen molar-refractivity contribution in [2.75, 3.05) is 13.7 Å². The van der Waals surface area contributed by atoms with Gasteiger partial charge in [0.15, 0.2) is 11.5 Å². The van der Waals surface area contributed by atoms with Gasteiger partial charge in [0.25, 0.3) is 5.91 Å². The fourth-order valence-corrected chi connectivity index (χ4v) is 4.48. The summed E-state index contributed by atoms with van der Waals surface area (Å²) in [4.78, 5) is 20.2. The van der Waals surface area contributed by atoms with Crippen LogP contribution in [0.3, 0.4) is 0 Å². The monoisotopic (exact) mass is 440 g/mol. The number of allylic oxidation sites excluding steroid dienone is 1. The predicted molar refractivity (Wildman–Crippen MR) is 129 cm³/mol. The first kappa shape index (κ1) is 20.8. The molecule has 0 bridgehead atoms. The second-order valence-corrected chi connectivity index (χ2v) is 7.90. The summed E-state index contributed by atoms with van der Waals surface area (Å²) in [7, 11) is 1.52. The first-order valence-electron chi connectivity index (χ1n) is 10.9. The molecule has 1 atom stereocenters. The lowest BCUT2D eigenvalue weighted by Crippen LogP contribution is -2.33. The van der Waals surface area contributed by atoms with E-state index in [1.54, 1.807) is 23.2 Å². The SMILES string of the molecule is CCOc1ccc2ccccc2c1C(=O)N1C=C(c2ccc(O)c(OC)c2)C2CC=CN=C21. The first-order chi connectivity index (χ1) is 16.1. The normalized spacial score (nSPS) is 16.9. The number of fused-ring (bicyclic) bond motifs is 2. The zero-order chi connectivity index (χ0) is 22.9. The van der Waals surface area contributed by atoms with Gasteiger partial charge in [-0.1, -0.05) is 42.5 Å². The summed E-state index contributed by atoms with van der Waals surface area (Å²) in [6, 6.07) is 16.8. The van der Waals surface area contributed by atoms with Crippen LogP contribution in [0.1, 0.15) is 29.3 Å². The molecule has 6 nitrogen and oxygen atoms in total. The number of methoxy groups -OCH3 is 1. The van der Waals surface area contributed by atoms with Gasteiger partial charge >= 0.3 is 0 Å². The number of carbonyl (C=O) groups is 1. The molecule has 2 aliphatic rings. The second-order valence-electron chi connectivity index (χ2n) is 7.90. The van der Waals surface area contributed by atoms with Crippen molar-refractivity contribution in [2.24, 2.45) is 10.9 Å². The Kier molecular flexibility index (Phi) is 5.34. The lowest BCUT2D eigenvalue weighted by atomic mass is 9.90. The van der Waals surface area contributed by atoms with E-state index in [9.17, 15) is 9.90 Å². The number of nitrogens with zero attached hydrogens (tertiary/aromatic N) is 2. The third-order valence-electron chi connectivity index (χ3n) is 6.02. The van der Waals surface area contributed by atoms with Crippen LogP contribution in [0.15, 0.2) is 78.1 Å². The largest absolute Gasteiger partial charge is 0.504 e. The molecule has 0 fully saturated rings. The van der Waals surface area contributed by atoms with Crippen molar-refractivity contribution in [1.82, 2.24) is 4.90 Å². The minimum absolute atomic E-state index is 0.0706. The fourth-order valence-electron chi connectivity index (χ4n) is 4.48. The van der Waals surface area contributed by atoms with Crippen molar-refractivity contribution < 1.29 is 19.4 Å². The number of amidine groups is 1. The van der Waals surface area contributed by atoms with Gasteiger partial charge in [-0.15, -0.1) is 0 Å². The fraction of sp³-hybridized carbons (Fsp3) is 0.185. The predicted octanol–water partition coefficient (Wildman–Crippen LogP) is 5.38. The molecule has 0 saturated heterocycles. The summed E-state index contributed by atoms with van der Waals surface area (Å²) in [6.07, 6.45) is 6.32. The van der Waals surface area contributed by atoms with E-state index < -0.39 is 0 Å². The third-order valence-corrected chi connectivity index (χ3v) is 6.02. The van der Waals surface area contributed by atoms with Gasteiger partial charge in [-0.3, -0.25) is 9.69 Å².